The Bertz CT molecular complexity index is 528. The molecule has 0 saturated heterocycles. The molecule has 1 aliphatic rings. The van der Waals surface area contributed by atoms with Gasteiger partial charge in [0.25, 0.3) is 0 Å². The van der Waals surface area contributed by atoms with Crippen molar-refractivity contribution in [2.75, 3.05) is 11.4 Å². The Balaban J connectivity index is 2.31. The van der Waals surface area contributed by atoms with E-state index in [1.165, 1.54) is 6.07 Å². The number of halogens is 2. The van der Waals surface area contributed by atoms with Crippen LogP contribution in [0.3, 0.4) is 0 Å². The SMILES string of the molecule is CC(C)CCN(c1ccc(C#N)c(F)c1F)C1CCCC1. The number of benzene rings is 1. The molecule has 1 aromatic carbocycles. The second-order valence-corrected chi connectivity index (χ2v) is 6.19. The monoisotopic (exact) mass is 292 g/mol. The zero-order valence-corrected chi connectivity index (χ0v) is 12.7. The lowest BCUT2D eigenvalue weighted by Crippen LogP contribution is -2.35. The minimum atomic E-state index is -1.03. The van der Waals surface area contributed by atoms with Crippen LogP contribution < -0.4 is 4.90 Å². The minimum absolute atomic E-state index is 0.230. The van der Waals surface area contributed by atoms with E-state index in [4.69, 9.17) is 5.26 Å². The molecule has 0 N–H and O–H groups in total. The van der Waals surface area contributed by atoms with Gasteiger partial charge in [0.05, 0.1) is 11.3 Å². The Morgan fingerprint density at radius 2 is 1.90 bits per heavy atom. The molecule has 0 amide bonds. The molecule has 0 spiro atoms. The highest BCUT2D eigenvalue weighted by molar-refractivity contribution is 5.53. The van der Waals surface area contributed by atoms with Crippen molar-refractivity contribution in [2.24, 2.45) is 5.92 Å². The molecule has 1 saturated carbocycles. The molecule has 1 aliphatic carbocycles. The van der Waals surface area contributed by atoms with Crippen LogP contribution in [-0.4, -0.2) is 12.6 Å². The molecule has 0 bridgehead atoms. The summed E-state index contributed by atoms with van der Waals surface area (Å²) in [4.78, 5) is 2.01. The summed E-state index contributed by atoms with van der Waals surface area (Å²) in [5, 5.41) is 8.79. The van der Waals surface area contributed by atoms with E-state index in [2.05, 4.69) is 13.8 Å². The molecule has 0 unspecified atom stereocenters. The topological polar surface area (TPSA) is 27.0 Å². The first-order valence-electron chi connectivity index (χ1n) is 7.69. The summed E-state index contributed by atoms with van der Waals surface area (Å²) < 4.78 is 28.2. The van der Waals surface area contributed by atoms with E-state index < -0.39 is 11.6 Å². The fourth-order valence-electron chi connectivity index (χ4n) is 2.96. The Morgan fingerprint density at radius 1 is 1.24 bits per heavy atom. The maximum absolute atomic E-state index is 14.3. The first-order chi connectivity index (χ1) is 10.0. The van der Waals surface area contributed by atoms with Crippen LogP contribution in [0.2, 0.25) is 0 Å². The van der Waals surface area contributed by atoms with Gasteiger partial charge in [0.15, 0.2) is 11.6 Å². The molecule has 0 aromatic heterocycles. The van der Waals surface area contributed by atoms with Crippen molar-refractivity contribution in [2.45, 2.75) is 52.0 Å². The molecular weight excluding hydrogens is 270 g/mol. The average molecular weight is 292 g/mol. The number of nitriles is 1. The van der Waals surface area contributed by atoms with Crippen LogP contribution in [0.15, 0.2) is 12.1 Å². The van der Waals surface area contributed by atoms with Gasteiger partial charge in [-0.05, 0) is 37.3 Å². The number of hydrogen-bond acceptors (Lipinski definition) is 2. The zero-order chi connectivity index (χ0) is 15.4. The molecule has 0 radical (unpaired) electrons. The molecule has 0 heterocycles. The van der Waals surface area contributed by atoms with Crippen molar-refractivity contribution in [3.8, 4) is 6.07 Å². The fraction of sp³-hybridized carbons (Fsp3) is 0.588. The van der Waals surface area contributed by atoms with Gasteiger partial charge in [0.2, 0.25) is 0 Å². The van der Waals surface area contributed by atoms with E-state index in [9.17, 15) is 8.78 Å². The Hall–Kier alpha value is -1.63. The highest BCUT2D eigenvalue weighted by Gasteiger charge is 2.26. The summed E-state index contributed by atoms with van der Waals surface area (Å²) in [6, 6.07) is 4.90. The lowest BCUT2D eigenvalue weighted by atomic mass is 10.1. The van der Waals surface area contributed by atoms with Gasteiger partial charge in [-0.15, -0.1) is 0 Å². The van der Waals surface area contributed by atoms with Gasteiger partial charge in [-0.25, -0.2) is 8.78 Å². The van der Waals surface area contributed by atoms with Gasteiger partial charge in [-0.3, -0.25) is 0 Å². The van der Waals surface area contributed by atoms with Crippen molar-refractivity contribution in [3.05, 3.63) is 29.3 Å². The van der Waals surface area contributed by atoms with Crippen molar-refractivity contribution in [3.63, 3.8) is 0 Å². The quantitative estimate of drug-likeness (QED) is 0.791. The smallest absolute Gasteiger partial charge is 0.183 e. The summed E-state index contributed by atoms with van der Waals surface area (Å²) in [6.07, 6.45) is 5.28. The zero-order valence-electron chi connectivity index (χ0n) is 12.7. The van der Waals surface area contributed by atoms with E-state index in [0.717, 1.165) is 38.6 Å². The van der Waals surface area contributed by atoms with E-state index in [-0.39, 0.29) is 11.6 Å². The molecule has 114 valence electrons. The van der Waals surface area contributed by atoms with Gasteiger partial charge in [0, 0.05) is 12.6 Å². The summed E-state index contributed by atoms with van der Waals surface area (Å²) in [6.45, 7) is 4.98. The Kier molecular flexibility index (Phi) is 5.17. The van der Waals surface area contributed by atoms with Crippen LogP contribution in [0.25, 0.3) is 0 Å². The van der Waals surface area contributed by atoms with E-state index >= 15 is 0 Å². The van der Waals surface area contributed by atoms with Crippen LogP contribution in [-0.2, 0) is 0 Å². The lowest BCUT2D eigenvalue weighted by Gasteiger charge is -2.32. The molecule has 1 fully saturated rings. The summed E-state index contributed by atoms with van der Waals surface area (Å²) >= 11 is 0. The molecule has 2 rings (SSSR count). The van der Waals surface area contributed by atoms with Crippen LogP contribution in [0.5, 0.6) is 0 Å². The van der Waals surface area contributed by atoms with Crippen molar-refractivity contribution in [1.82, 2.24) is 0 Å². The highest BCUT2D eigenvalue weighted by atomic mass is 19.2. The van der Waals surface area contributed by atoms with Gasteiger partial charge >= 0.3 is 0 Å². The molecule has 1 aromatic rings. The second-order valence-electron chi connectivity index (χ2n) is 6.19. The first kappa shape index (κ1) is 15.8. The second kappa shape index (κ2) is 6.89. The third-order valence-corrected chi connectivity index (χ3v) is 4.20. The predicted octanol–water partition coefficient (Wildman–Crippen LogP) is 4.63. The maximum atomic E-state index is 14.3. The number of nitrogens with zero attached hydrogens (tertiary/aromatic N) is 2. The van der Waals surface area contributed by atoms with E-state index in [1.54, 1.807) is 12.1 Å². The van der Waals surface area contributed by atoms with Gasteiger partial charge in [0.1, 0.15) is 6.07 Å². The largest absolute Gasteiger partial charge is 0.366 e. The van der Waals surface area contributed by atoms with E-state index in [0.29, 0.717) is 11.6 Å². The number of anilines is 1. The van der Waals surface area contributed by atoms with Gasteiger partial charge in [-0.1, -0.05) is 26.7 Å². The summed E-state index contributed by atoms with van der Waals surface area (Å²) in [5.41, 5.74) is 0.0746. The van der Waals surface area contributed by atoms with Gasteiger partial charge in [-0.2, -0.15) is 5.26 Å². The third kappa shape index (κ3) is 3.53. The van der Waals surface area contributed by atoms with E-state index in [1.807, 2.05) is 4.90 Å². The van der Waals surface area contributed by atoms with Crippen molar-refractivity contribution >= 4 is 5.69 Å². The van der Waals surface area contributed by atoms with Crippen LogP contribution in [0, 0.1) is 28.9 Å². The lowest BCUT2D eigenvalue weighted by molar-refractivity contribution is 0.484. The maximum Gasteiger partial charge on any atom is 0.183 e. The summed E-state index contributed by atoms with van der Waals surface area (Å²) in [7, 11) is 0. The third-order valence-electron chi connectivity index (χ3n) is 4.20. The standard InChI is InChI=1S/C17H22F2N2/c1-12(2)9-10-21(14-5-3-4-6-14)15-8-7-13(11-20)16(18)17(15)19/h7-8,12,14H,3-6,9-10H2,1-2H3. The Morgan fingerprint density at radius 3 is 2.48 bits per heavy atom. The molecule has 0 aliphatic heterocycles. The fourth-order valence-corrected chi connectivity index (χ4v) is 2.96. The number of hydrogen-bond donors (Lipinski definition) is 0. The molecular formula is C17H22F2N2. The van der Waals surface area contributed by atoms with Crippen molar-refractivity contribution < 1.29 is 8.78 Å². The molecule has 21 heavy (non-hydrogen) atoms. The summed E-state index contributed by atoms with van der Waals surface area (Å²) in [5.74, 6) is -1.40. The number of rotatable bonds is 5. The molecule has 0 atom stereocenters. The predicted molar refractivity (Wildman–Crippen MR) is 80.1 cm³/mol. The minimum Gasteiger partial charge on any atom is -0.366 e. The van der Waals surface area contributed by atoms with Gasteiger partial charge < -0.3 is 4.90 Å². The highest BCUT2D eigenvalue weighted by Crippen LogP contribution is 2.32. The normalized spacial score (nSPS) is 15.4. The van der Waals surface area contributed by atoms with Crippen LogP contribution >= 0.6 is 0 Å². The van der Waals surface area contributed by atoms with Crippen LogP contribution in [0.4, 0.5) is 14.5 Å². The first-order valence-corrected chi connectivity index (χ1v) is 7.69. The average Bonchev–Trinajstić information content (AvgIpc) is 2.97. The molecule has 4 heteroatoms. The van der Waals surface area contributed by atoms with Crippen LogP contribution in [0.1, 0.15) is 51.5 Å². The molecule has 2 nitrogen and oxygen atoms in total. The Labute approximate surface area is 125 Å². The van der Waals surface area contributed by atoms with Crippen molar-refractivity contribution in [1.29, 1.82) is 5.26 Å².